The quantitative estimate of drug-likeness (QED) is 0.788. The topological polar surface area (TPSA) is 105 Å². The molecule has 0 radical (unpaired) electrons. The molecule has 1 spiro atoms. The van der Waals surface area contributed by atoms with E-state index in [1.54, 1.807) is 25.1 Å². The first kappa shape index (κ1) is 17.5. The monoisotopic (exact) mass is 370 g/mol. The molecule has 2 heterocycles. The number of urea groups is 1. The molecule has 1 aliphatic heterocycles. The SMILES string of the molecule is Cc1nc2cc(NC(=O)CCCN3C(=O)NC4(CCCC4)C3=O)ccc2o1. The van der Waals surface area contributed by atoms with Crippen LogP contribution >= 0.6 is 0 Å². The number of carbonyl (C=O) groups excluding carboxylic acids is 3. The molecule has 8 heteroatoms. The van der Waals surface area contributed by atoms with E-state index in [1.807, 2.05) is 0 Å². The maximum atomic E-state index is 12.6. The lowest BCUT2D eigenvalue weighted by Crippen LogP contribution is -2.44. The van der Waals surface area contributed by atoms with E-state index in [1.165, 1.54) is 4.90 Å². The summed E-state index contributed by atoms with van der Waals surface area (Å²) in [6, 6.07) is 4.94. The summed E-state index contributed by atoms with van der Waals surface area (Å²) in [7, 11) is 0. The summed E-state index contributed by atoms with van der Waals surface area (Å²) in [4.78, 5) is 42.4. The van der Waals surface area contributed by atoms with Crippen molar-refractivity contribution in [3.8, 4) is 0 Å². The van der Waals surface area contributed by atoms with Crippen LogP contribution in [0.15, 0.2) is 22.6 Å². The van der Waals surface area contributed by atoms with Crippen LogP contribution in [0.3, 0.4) is 0 Å². The number of hydrogen-bond donors (Lipinski definition) is 2. The highest BCUT2D eigenvalue weighted by Crippen LogP contribution is 2.35. The van der Waals surface area contributed by atoms with Gasteiger partial charge in [0, 0.05) is 25.6 Å². The second kappa shape index (κ2) is 6.68. The van der Waals surface area contributed by atoms with Crippen molar-refractivity contribution in [3.05, 3.63) is 24.1 Å². The molecule has 27 heavy (non-hydrogen) atoms. The summed E-state index contributed by atoms with van der Waals surface area (Å²) < 4.78 is 5.41. The van der Waals surface area contributed by atoms with Crippen molar-refractivity contribution in [2.75, 3.05) is 11.9 Å². The van der Waals surface area contributed by atoms with Crippen molar-refractivity contribution in [1.29, 1.82) is 0 Å². The fraction of sp³-hybridized carbons (Fsp3) is 0.474. The molecule has 4 amide bonds. The van der Waals surface area contributed by atoms with E-state index in [0.29, 0.717) is 41.9 Å². The Morgan fingerprint density at radius 3 is 2.89 bits per heavy atom. The van der Waals surface area contributed by atoms with Crippen LogP contribution in [-0.2, 0) is 9.59 Å². The molecule has 1 saturated carbocycles. The van der Waals surface area contributed by atoms with E-state index in [9.17, 15) is 14.4 Å². The molecule has 1 aliphatic carbocycles. The van der Waals surface area contributed by atoms with Gasteiger partial charge in [0.15, 0.2) is 11.5 Å². The zero-order chi connectivity index (χ0) is 19.0. The summed E-state index contributed by atoms with van der Waals surface area (Å²) in [5.74, 6) is 0.261. The molecule has 4 rings (SSSR count). The molecule has 2 aromatic rings. The normalized spacial score (nSPS) is 18.5. The largest absolute Gasteiger partial charge is 0.441 e. The average molecular weight is 370 g/mol. The highest BCUT2D eigenvalue weighted by Gasteiger charge is 2.51. The molecular formula is C19H22N4O4. The molecule has 1 aromatic carbocycles. The second-order valence-electron chi connectivity index (χ2n) is 7.24. The third-order valence-electron chi connectivity index (χ3n) is 5.27. The van der Waals surface area contributed by atoms with Gasteiger partial charge in [0.2, 0.25) is 5.91 Å². The first-order chi connectivity index (χ1) is 13.0. The summed E-state index contributed by atoms with van der Waals surface area (Å²) in [6.45, 7) is 2.02. The van der Waals surface area contributed by atoms with E-state index in [-0.39, 0.29) is 30.8 Å². The van der Waals surface area contributed by atoms with E-state index in [0.717, 1.165) is 12.8 Å². The predicted octanol–water partition coefficient (Wildman–Crippen LogP) is 2.72. The number of carbonyl (C=O) groups is 3. The molecule has 8 nitrogen and oxygen atoms in total. The molecule has 2 aliphatic rings. The standard InChI is InChI=1S/C19H22N4O4/c1-12-20-14-11-13(6-7-15(14)27-12)21-16(24)5-4-10-23-17(25)19(22-18(23)26)8-2-3-9-19/h6-7,11H,2-5,8-10H2,1H3,(H,21,24)(H,22,26). The maximum Gasteiger partial charge on any atom is 0.325 e. The number of imide groups is 1. The number of aromatic nitrogens is 1. The zero-order valence-corrected chi connectivity index (χ0v) is 15.2. The lowest BCUT2D eigenvalue weighted by Gasteiger charge is -2.19. The van der Waals surface area contributed by atoms with Crippen LogP contribution in [0.4, 0.5) is 10.5 Å². The van der Waals surface area contributed by atoms with E-state index in [2.05, 4.69) is 15.6 Å². The first-order valence-corrected chi connectivity index (χ1v) is 9.28. The van der Waals surface area contributed by atoms with Crippen molar-refractivity contribution in [1.82, 2.24) is 15.2 Å². The Morgan fingerprint density at radius 2 is 2.11 bits per heavy atom. The molecule has 0 atom stereocenters. The van der Waals surface area contributed by atoms with Gasteiger partial charge in [-0.15, -0.1) is 0 Å². The number of amides is 4. The van der Waals surface area contributed by atoms with Crippen LogP contribution in [0.2, 0.25) is 0 Å². The Bertz CT molecular complexity index is 914. The van der Waals surface area contributed by atoms with Gasteiger partial charge in [0.25, 0.3) is 5.91 Å². The number of fused-ring (bicyclic) bond motifs is 1. The number of nitrogens with one attached hydrogen (secondary N) is 2. The fourth-order valence-corrected chi connectivity index (χ4v) is 3.94. The number of hydrogen-bond acceptors (Lipinski definition) is 5. The zero-order valence-electron chi connectivity index (χ0n) is 15.2. The number of benzene rings is 1. The van der Waals surface area contributed by atoms with Gasteiger partial charge >= 0.3 is 6.03 Å². The second-order valence-corrected chi connectivity index (χ2v) is 7.24. The average Bonchev–Trinajstić information content (AvgIpc) is 3.29. The van der Waals surface area contributed by atoms with Crippen molar-refractivity contribution in [3.63, 3.8) is 0 Å². The molecule has 0 unspecified atom stereocenters. The Labute approximate surface area is 156 Å². The molecule has 142 valence electrons. The van der Waals surface area contributed by atoms with Gasteiger partial charge in [-0.25, -0.2) is 9.78 Å². The third kappa shape index (κ3) is 3.27. The van der Waals surface area contributed by atoms with Crippen molar-refractivity contribution >= 4 is 34.6 Å². The summed E-state index contributed by atoms with van der Waals surface area (Å²) >= 11 is 0. The van der Waals surface area contributed by atoms with Gasteiger partial charge in [-0.1, -0.05) is 12.8 Å². The smallest absolute Gasteiger partial charge is 0.325 e. The number of aryl methyl sites for hydroxylation is 1. The van der Waals surface area contributed by atoms with Gasteiger partial charge in [-0.3, -0.25) is 14.5 Å². The molecule has 0 bridgehead atoms. The Balaban J connectivity index is 1.30. The van der Waals surface area contributed by atoms with Gasteiger partial charge in [-0.05, 0) is 37.5 Å². The minimum atomic E-state index is -0.690. The Hall–Kier alpha value is -2.90. The summed E-state index contributed by atoms with van der Waals surface area (Å²) in [6.07, 6.45) is 3.97. The van der Waals surface area contributed by atoms with Crippen molar-refractivity contribution in [2.24, 2.45) is 0 Å². The van der Waals surface area contributed by atoms with Crippen LogP contribution in [0, 0.1) is 6.92 Å². The fourth-order valence-electron chi connectivity index (χ4n) is 3.94. The van der Waals surface area contributed by atoms with Crippen molar-refractivity contribution in [2.45, 2.75) is 51.0 Å². The Morgan fingerprint density at radius 1 is 1.33 bits per heavy atom. The number of rotatable bonds is 5. The van der Waals surface area contributed by atoms with Crippen LogP contribution in [0.1, 0.15) is 44.4 Å². The lowest BCUT2D eigenvalue weighted by atomic mass is 9.98. The van der Waals surface area contributed by atoms with Gasteiger partial charge in [-0.2, -0.15) is 0 Å². The first-order valence-electron chi connectivity index (χ1n) is 9.28. The van der Waals surface area contributed by atoms with Gasteiger partial charge < -0.3 is 15.1 Å². The highest BCUT2D eigenvalue weighted by atomic mass is 16.3. The van der Waals surface area contributed by atoms with Crippen molar-refractivity contribution < 1.29 is 18.8 Å². The Kier molecular flexibility index (Phi) is 4.33. The number of anilines is 1. The van der Waals surface area contributed by atoms with E-state index < -0.39 is 5.54 Å². The van der Waals surface area contributed by atoms with Crippen LogP contribution in [-0.4, -0.2) is 39.8 Å². The molecular weight excluding hydrogens is 348 g/mol. The van der Waals surface area contributed by atoms with E-state index >= 15 is 0 Å². The minimum Gasteiger partial charge on any atom is -0.441 e. The highest BCUT2D eigenvalue weighted by molar-refractivity contribution is 6.07. The number of nitrogens with zero attached hydrogens (tertiary/aromatic N) is 2. The number of oxazole rings is 1. The molecule has 1 aromatic heterocycles. The van der Waals surface area contributed by atoms with Gasteiger partial charge in [0.1, 0.15) is 11.1 Å². The summed E-state index contributed by atoms with van der Waals surface area (Å²) in [5, 5.41) is 5.66. The molecule has 2 N–H and O–H groups in total. The maximum absolute atomic E-state index is 12.6. The van der Waals surface area contributed by atoms with Crippen LogP contribution in [0.25, 0.3) is 11.1 Å². The van der Waals surface area contributed by atoms with Crippen LogP contribution < -0.4 is 10.6 Å². The minimum absolute atomic E-state index is 0.141. The third-order valence-corrected chi connectivity index (χ3v) is 5.27. The van der Waals surface area contributed by atoms with Crippen LogP contribution in [0.5, 0.6) is 0 Å². The lowest BCUT2D eigenvalue weighted by molar-refractivity contribution is -0.131. The summed E-state index contributed by atoms with van der Waals surface area (Å²) in [5.41, 5.74) is 1.31. The van der Waals surface area contributed by atoms with E-state index in [4.69, 9.17) is 4.42 Å². The molecule has 1 saturated heterocycles. The van der Waals surface area contributed by atoms with Gasteiger partial charge in [0.05, 0.1) is 0 Å². The predicted molar refractivity (Wildman–Crippen MR) is 98.1 cm³/mol. The molecule has 2 fully saturated rings.